The highest BCUT2D eigenvalue weighted by Crippen LogP contribution is 2.35. The Morgan fingerprint density at radius 1 is 1.25 bits per heavy atom. The lowest BCUT2D eigenvalue weighted by atomic mass is 10.0. The molecule has 0 aliphatic carbocycles. The summed E-state index contributed by atoms with van der Waals surface area (Å²) < 4.78 is 15.3. The Kier molecular flexibility index (Phi) is 3.79. The average molecular weight is 276 g/mol. The van der Waals surface area contributed by atoms with E-state index < -0.39 is 17.7 Å². The van der Waals surface area contributed by atoms with E-state index in [1.54, 1.807) is 13.8 Å². The first-order valence-corrected chi connectivity index (χ1v) is 6.27. The molecule has 5 nitrogen and oxygen atoms in total. The van der Waals surface area contributed by atoms with Gasteiger partial charge in [0.1, 0.15) is 0 Å². The van der Waals surface area contributed by atoms with Crippen LogP contribution in [0.1, 0.15) is 19.4 Å². The normalized spacial score (nSPS) is 23.6. The lowest BCUT2D eigenvalue weighted by Crippen LogP contribution is -2.46. The van der Waals surface area contributed by atoms with Crippen LogP contribution >= 0.6 is 0 Å². The minimum atomic E-state index is -1.70. The lowest BCUT2D eigenvalue weighted by Gasteiger charge is -2.26. The Hall–Kier alpha value is -2.30. The Labute approximate surface area is 117 Å². The molecular formula is C15H16O5. The summed E-state index contributed by atoms with van der Waals surface area (Å²) in [4.78, 5) is 23.8. The van der Waals surface area contributed by atoms with Crippen molar-refractivity contribution >= 4 is 18.0 Å². The van der Waals surface area contributed by atoms with Gasteiger partial charge in [-0.15, -0.1) is 0 Å². The van der Waals surface area contributed by atoms with Crippen LogP contribution in [0.3, 0.4) is 0 Å². The molecule has 2 rings (SSSR count). The zero-order valence-corrected chi connectivity index (χ0v) is 11.6. The molecule has 20 heavy (non-hydrogen) atoms. The fourth-order valence-electron chi connectivity index (χ4n) is 1.90. The van der Waals surface area contributed by atoms with Gasteiger partial charge in [-0.2, -0.15) is 0 Å². The van der Waals surface area contributed by atoms with Crippen LogP contribution in [-0.4, -0.2) is 24.8 Å². The average Bonchev–Trinajstić information content (AvgIpc) is 2.77. The van der Waals surface area contributed by atoms with Crippen LogP contribution < -0.4 is 0 Å². The van der Waals surface area contributed by atoms with Crippen molar-refractivity contribution in [2.24, 2.45) is 5.92 Å². The van der Waals surface area contributed by atoms with Crippen molar-refractivity contribution in [2.75, 3.05) is 7.11 Å². The lowest BCUT2D eigenvalue weighted by molar-refractivity contribution is -0.215. The Morgan fingerprint density at radius 2 is 1.90 bits per heavy atom. The maximum atomic E-state index is 11.9. The van der Waals surface area contributed by atoms with Crippen molar-refractivity contribution in [3.05, 3.63) is 41.7 Å². The molecule has 0 bridgehead atoms. The Balaban J connectivity index is 2.34. The molecule has 0 aromatic heterocycles. The molecule has 0 saturated carbocycles. The van der Waals surface area contributed by atoms with Crippen LogP contribution in [-0.2, 0) is 23.8 Å². The van der Waals surface area contributed by atoms with Gasteiger partial charge in [0.05, 0.1) is 7.11 Å². The van der Waals surface area contributed by atoms with Crippen molar-refractivity contribution in [1.82, 2.24) is 0 Å². The van der Waals surface area contributed by atoms with Crippen LogP contribution in [0.4, 0.5) is 0 Å². The standard InChI is InChI=1S/C15H16O5/c1-10(2)15(14(17)18-3)19-12(13(16)20-15)9-11-7-5-4-6-8-11/h4-10H,1-3H3/t15-/m0/s1. The predicted octanol–water partition coefficient (Wildman–Crippen LogP) is 2.13. The zero-order valence-electron chi connectivity index (χ0n) is 11.6. The summed E-state index contributed by atoms with van der Waals surface area (Å²) in [5, 5.41) is 0. The third-order valence-electron chi connectivity index (χ3n) is 3.03. The quantitative estimate of drug-likeness (QED) is 0.625. The molecule has 1 aliphatic heterocycles. The van der Waals surface area contributed by atoms with Crippen LogP contribution in [0, 0.1) is 5.92 Å². The number of esters is 2. The Bertz CT molecular complexity index is 547. The van der Waals surface area contributed by atoms with Gasteiger partial charge in [-0.1, -0.05) is 44.2 Å². The topological polar surface area (TPSA) is 61.8 Å². The highest BCUT2D eigenvalue weighted by molar-refractivity contribution is 5.97. The van der Waals surface area contributed by atoms with E-state index >= 15 is 0 Å². The third kappa shape index (κ3) is 2.39. The molecule has 106 valence electrons. The zero-order chi connectivity index (χ0) is 14.8. The maximum Gasteiger partial charge on any atom is 0.392 e. The van der Waals surface area contributed by atoms with Gasteiger partial charge < -0.3 is 14.2 Å². The summed E-state index contributed by atoms with van der Waals surface area (Å²) in [6.45, 7) is 3.44. The van der Waals surface area contributed by atoms with E-state index in [1.165, 1.54) is 13.2 Å². The molecule has 0 spiro atoms. The summed E-state index contributed by atoms with van der Waals surface area (Å²) >= 11 is 0. The first kappa shape index (κ1) is 14.1. The number of carbonyl (C=O) groups excluding carboxylic acids is 2. The molecule has 1 fully saturated rings. The van der Waals surface area contributed by atoms with E-state index in [-0.39, 0.29) is 11.7 Å². The molecule has 1 atom stereocenters. The van der Waals surface area contributed by atoms with Gasteiger partial charge in [-0.3, -0.25) is 0 Å². The summed E-state index contributed by atoms with van der Waals surface area (Å²) in [5.41, 5.74) is 0.781. The summed E-state index contributed by atoms with van der Waals surface area (Å²) in [6, 6.07) is 9.17. The smallest absolute Gasteiger partial charge is 0.392 e. The van der Waals surface area contributed by atoms with Crippen molar-refractivity contribution in [3.8, 4) is 0 Å². The molecule has 1 aromatic carbocycles. The van der Waals surface area contributed by atoms with Crippen LogP contribution in [0.15, 0.2) is 36.1 Å². The molecule has 5 heteroatoms. The number of rotatable bonds is 3. The first-order chi connectivity index (χ1) is 9.49. The van der Waals surface area contributed by atoms with Crippen LogP contribution in [0.2, 0.25) is 0 Å². The highest BCUT2D eigenvalue weighted by Gasteiger charge is 2.56. The van der Waals surface area contributed by atoms with Crippen molar-refractivity contribution < 1.29 is 23.8 Å². The number of hydrogen-bond donors (Lipinski definition) is 0. The second kappa shape index (κ2) is 5.36. The van der Waals surface area contributed by atoms with Gasteiger partial charge in [0.2, 0.25) is 5.76 Å². The van der Waals surface area contributed by atoms with Crippen molar-refractivity contribution in [2.45, 2.75) is 19.6 Å². The summed E-state index contributed by atoms with van der Waals surface area (Å²) in [7, 11) is 1.22. The van der Waals surface area contributed by atoms with E-state index in [0.717, 1.165) is 5.56 Å². The van der Waals surface area contributed by atoms with Gasteiger partial charge in [0.25, 0.3) is 0 Å². The first-order valence-electron chi connectivity index (χ1n) is 6.27. The maximum absolute atomic E-state index is 11.9. The SMILES string of the molecule is COC(=O)[C@]1(C(C)C)OC(=O)C(=Cc2ccccc2)O1. The second-order valence-electron chi connectivity index (χ2n) is 4.72. The van der Waals surface area contributed by atoms with Crippen LogP contribution in [0.25, 0.3) is 6.08 Å². The number of carbonyl (C=O) groups is 2. The molecule has 1 heterocycles. The van der Waals surface area contributed by atoms with Crippen molar-refractivity contribution in [1.29, 1.82) is 0 Å². The molecule has 0 radical (unpaired) electrons. The summed E-state index contributed by atoms with van der Waals surface area (Å²) in [6.07, 6.45) is 1.54. The third-order valence-corrected chi connectivity index (χ3v) is 3.03. The highest BCUT2D eigenvalue weighted by atomic mass is 16.8. The van der Waals surface area contributed by atoms with Gasteiger partial charge in [0.15, 0.2) is 0 Å². The molecule has 1 aromatic rings. The van der Waals surface area contributed by atoms with Gasteiger partial charge in [-0.25, -0.2) is 9.59 Å². The van der Waals surface area contributed by atoms with Gasteiger partial charge >= 0.3 is 17.7 Å². The minimum Gasteiger partial charge on any atom is -0.463 e. The summed E-state index contributed by atoms with van der Waals surface area (Å²) in [5.74, 6) is -3.48. The molecule has 1 aliphatic rings. The number of ether oxygens (including phenoxy) is 3. The van der Waals surface area contributed by atoms with E-state index in [4.69, 9.17) is 9.47 Å². The number of hydrogen-bond acceptors (Lipinski definition) is 5. The number of methoxy groups -OCH3 is 1. The van der Waals surface area contributed by atoms with Gasteiger partial charge in [-0.05, 0) is 11.6 Å². The molecule has 1 saturated heterocycles. The van der Waals surface area contributed by atoms with E-state index in [1.807, 2.05) is 30.3 Å². The molecule has 0 amide bonds. The second-order valence-corrected chi connectivity index (χ2v) is 4.72. The molecule has 0 unspecified atom stereocenters. The van der Waals surface area contributed by atoms with Crippen molar-refractivity contribution in [3.63, 3.8) is 0 Å². The van der Waals surface area contributed by atoms with E-state index in [2.05, 4.69) is 4.74 Å². The number of benzene rings is 1. The fraction of sp³-hybridized carbons (Fsp3) is 0.333. The predicted molar refractivity (Wildman–Crippen MR) is 71.2 cm³/mol. The van der Waals surface area contributed by atoms with E-state index in [9.17, 15) is 9.59 Å². The monoisotopic (exact) mass is 276 g/mol. The number of cyclic esters (lactones) is 1. The molecular weight excluding hydrogens is 260 g/mol. The minimum absolute atomic E-state index is 0.00435. The molecule has 0 N–H and O–H groups in total. The van der Waals surface area contributed by atoms with Gasteiger partial charge in [0, 0.05) is 5.92 Å². The Morgan fingerprint density at radius 3 is 2.45 bits per heavy atom. The van der Waals surface area contributed by atoms with E-state index in [0.29, 0.717) is 0 Å². The fourth-order valence-corrected chi connectivity index (χ4v) is 1.90. The largest absolute Gasteiger partial charge is 0.463 e. The van der Waals surface area contributed by atoms with Crippen LogP contribution in [0.5, 0.6) is 0 Å².